The molecule has 52 heavy (non-hydrogen) atoms. The zero-order valence-corrected chi connectivity index (χ0v) is 28.1. The molecule has 2 heterocycles. The van der Waals surface area contributed by atoms with Gasteiger partial charge in [0.05, 0.1) is 28.1 Å². The van der Waals surface area contributed by atoms with Gasteiger partial charge in [0.15, 0.2) is 11.6 Å². The van der Waals surface area contributed by atoms with E-state index in [4.69, 9.17) is 15.0 Å². The summed E-state index contributed by atoms with van der Waals surface area (Å²) >= 11 is 0. The van der Waals surface area contributed by atoms with Gasteiger partial charge in [-0.15, -0.1) is 0 Å². The Hall–Kier alpha value is -7.16. The quantitative estimate of drug-likeness (QED) is 0.159. The Morgan fingerprint density at radius 3 is 1.23 bits per heavy atom. The Morgan fingerprint density at radius 1 is 0.404 bits per heavy atom. The molecule has 0 atom stereocenters. The van der Waals surface area contributed by atoms with E-state index in [0.717, 1.165) is 38.5 Å². The number of fused-ring (bicyclic) bond motifs is 3. The summed E-state index contributed by atoms with van der Waals surface area (Å²) in [7, 11) is 0. The Morgan fingerprint density at radius 2 is 0.788 bits per heavy atom. The maximum absolute atomic E-state index is 9.47. The largest absolute Gasteiger partial charge is 0.278 e. The maximum Gasteiger partial charge on any atom is 0.238 e. The van der Waals surface area contributed by atoms with Gasteiger partial charge in [-0.2, -0.15) is 15.2 Å². The lowest BCUT2D eigenvalue weighted by Gasteiger charge is -2.37. The molecular weight excluding hydrogens is 635 g/mol. The molecule has 0 fully saturated rings. The number of nitriles is 1. The molecule has 0 bridgehead atoms. The highest BCUT2D eigenvalue weighted by Crippen LogP contribution is 2.45. The van der Waals surface area contributed by atoms with Gasteiger partial charge in [-0.3, -0.25) is 4.57 Å². The lowest BCUT2D eigenvalue weighted by molar-refractivity contribution is 0.745. The van der Waals surface area contributed by atoms with Crippen LogP contribution in [0.5, 0.6) is 0 Å². The van der Waals surface area contributed by atoms with Crippen LogP contribution in [-0.2, 0) is 5.41 Å². The highest BCUT2D eigenvalue weighted by Gasteiger charge is 2.38. The normalized spacial score (nSPS) is 11.4. The fourth-order valence-corrected chi connectivity index (χ4v) is 7.49. The number of benzene rings is 7. The number of para-hydroxylation sites is 2. The summed E-state index contributed by atoms with van der Waals surface area (Å²) in [5.41, 5.74) is 8.37. The van der Waals surface area contributed by atoms with E-state index in [1.165, 1.54) is 16.7 Å². The summed E-state index contributed by atoms with van der Waals surface area (Å²) in [6, 6.07) is 67.0. The average Bonchev–Trinajstić information content (AvgIpc) is 3.57. The molecule has 0 aliphatic heterocycles. The van der Waals surface area contributed by atoms with Gasteiger partial charge in [-0.25, -0.2) is 4.98 Å². The molecule has 0 amide bonds. The second-order valence-corrected chi connectivity index (χ2v) is 12.8. The SMILES string of the molecule is N#Cc1ccc(-c2nc(-c3ccc(C(c4ccccc4)(c4ccccc4)c4ccccc4)cc3)nc(-n3c4ccccc4c4ccccc43)n2)cc1. The number of rotatable bonds is 7. The van der Waals surface area contributed by atoms with E-state index in [9.17, 15) is 5.26 Å². The number of aromatic nitrogens is 4. The van der Waals surface area contributed by atoms with Gasteiger partial charge in [-0.1, -0.05) is 152 Å². The number of nitrogens with zero attached hydrogens (tertiary/aromatic N) is 5. The second kappa shape index (κ2) is 12.9. The van der Waals surface area contributed by atoms with E-state index in [0.29, 0.717) is 23.2 Å². The third-order valence-electron chi connectivity index (χ3n) is 9.87. The molecule has 7 aromatic carbocycles. The lowest BCUT2D eigenvalue weighted by atomic mass is 9.65. The van der Waals surface area contributed by atoms with Crippen molar-refractivity contribution in [3.63, 3.8) is 0 Å². The molecule has 0 aliphatic carbocycles. The van der Waals surface area contributed by atoms with Crippen molar-refractivity contribution in [3.8, 4) is 34.8 Å². The molecular formula is C47H31N5. The van der Waals surface area contributed by atoms with Crippen LogP contribution in [0, 0.1) is 11.3 Å². The first-order valence-electron chi connectivity index (χ1n) is 17.3. The van der Waals surface area contributed by atoms with E-state index >= 15 is 0 Å². The van der Waals surface area contributed by atoms with Gasteiger partial charge in [0, 0.05) is 21.9 Å². The fourth-order valence-electron chi connectivity index (χ4n) is 7.49. The summed E-state index contributed by atoms with van der Waals surface area (Å²) in [5, 5.41) is 11.7. The second-order valence-electron chi connectivity index (χ2n) is 12.8. The van der Waals surface area contributed by atoms with Crippen molar-refractivity contribution in [1.82, 2.24) is 19.5 Å². The Balaban J connectivity index is 1.26. The molecule has 0 unspecified atom stereocenters. The first-order chi connectivity index (χ1) is 25.7. The van der Waals surface area contributed by atoms with Crippen molar-refractivity contribution in [2.45, 2.75) is 5.41 Å². The molecule has 5 nitrogen and oxygen atoms in total. The molecule has 0 N–H and O–H groups in total. The predicted octanol–water partition coefficient (Wildman–Crippen LogP) is 10.6. The topological polar surface area (TPSA) is 67.4 Å². The lowest BCUT2D eigenvalue weighted by Crippen LogP contribution is -2.30. The monoisotopic (exact) mass is 665 g/mol. The minimum Gasteiger partial charge on any atom is -0.278 e. The standard InChI is InChI=1S/C47H31N5/c48-32-33-24-26-34(27-25-33)44-49-45(51-46(50-44)52-42-22-12-10-20-40(42)41-21-11-13-23-43(41)52)35-28-30-39(31-29-35)47(36-14-4-1-5-15-36,37-16-6-2-7-17-37)38-18-8-3-9-19-38/h1-31H. The van der Waals surface area contributed by atoms with Crippen molar-refractivity contribution in [2.75, 3.05) is 0 Å². The molecule has 0 aliphatic rings. The fraction of sp³-hybridized carbons (Fsp3) is 0.0213. The summed E-state index contributed by atoms with van der Waals surface area (Å²) in [4.78, 5) is 15.3. The minimum absolute atomic E-state index is 0.526. The molecule has 2 aromatic heterocycles. The summed E-state index contributed by atoms with van der Waals surface area (Å²) in [6.07, 6.45) is 0. The predicted molar refractivity (Wildman–Crippen MR) is 208 cm³/mol. The molecule has 9 aromatic rings. The summed E-state index contributed by atoms with van der Waals surface area (Å²) in [6.45, 7) is 0. The Bertz CT molecular complexity index is 2560. The third kappa shape index (κ3) is 5.14. The van der Waals surface area contributed by atoms with Gasteiger partial charge in [0.1, 0.15) is 0 Å². The van der Waals surface area contributed by atoms with E-state index in [1.54, 1.807) is 12.1 Å². The van der Waals surface area contributed by atoms with E-state index < -0.39 is 5.41 Å². The van der Waals surface area contributed by atoms with Crippen LogP contribution in [0.1, 0.15) is 27.8 Å². The molecule has 5 heteroatoms. The molecule has 0 spiro atoms. The summed E-state index contributed by atoms with van der Waals surface area (Å²) in [5.74, 6) is 1.61. The van der Waals surface area contributed by atoms with Crippen LogP contribution in [0.3, 0.4) is 0 Å². The summed E-state index contributed by atoms with van der Waals surface area (Å²) < 4.78 is 2.11. The van der Waals surface area contributed by atoms with Crippen molar-refractivity contribution in [1.29, 1.82) is 5.26 Å². The molecule has 0 saturated heterocycles. The molecule has 0 radical (unpaired) electrons. The van der Waals surface area contributed by atoms with Gasteiger partial charge in [-0.05, 0) is 58.7 Å². The first-order valence-corrected chi connectivity index (χ1v) is 17.3. The van der Waals surface area contributed by atoms with Crippen LogP contribution >= 0.6 is 0 Å². The van der Waals surface area contributed by atoms with Crippen molar-refractivity contribution in [3.05, 3.63) is 216 Å². The van der Waals surface area contributed by atoms with Crippen LogP contribution in [0.15, 0.2) is 188 Å². The van der Waals surface area contributed by atoms with Gasteiger partial charge < -0.3 is 0 Å². The van der Waals surface area contributed by atoms with E-state index in [-0.39, 0.29) is 0 Å². The maximum atomic E-state index is 9.47. The zero-order valence-electron chi connectivity index (χ0n) is 28.1. The van der Waals surface area contributed by atoms with Gasteiger partial charge >= 0.3 is 0 Å². The number of hydrogen-bond donors (Lipinski definition) is 0. The van der Waals surface area contributed by atoms with E-state index in [1.807, 2.05) is 24.3 Å². The van der Waals surface area contributed by atoms with Gasteiger partial charge in [0.2, 0.25) is 5.95 Å². The van der Waals surface area contributed by atoms with Crippen LogP contribution in [0.25, 0.3) is 50.5 Å². The van der Waals surface area contributed by atoms with Crippen LogP contribution in [-0.4, -0.2) is 19.5 Å². The van der Waals surface area contributed by atoms with E-state index in [2.05, 4.69) is 162 Å². The highest BCUT2D eigenvalue weighted by molar-refractivity contribution is 6.09. The average molecular weight is 666 g/mol. The van der Waals surface area contributed by atoms with Crippen LogP contribution in [0.2, 0.25) is 0 Å². The Labute approximate surface area is 301 Å². The van der Waals surface area contributed by atoms with Crippen LogP contribution in [0.4, 0.5) is 0 Å². The van der Waals surface area contributed by atoms with Gasteiger partial charge in [0.25, 0.3) is 0 Å². The third-order valence-corrected chi connectivity index (χ3v) is 9.87. The van der Waals surface area contributed by atoms with Crippen molar-refractivity contribution < 1.29 is 0 Å². The Kier molecular flexibility index (Phi) is 7.68. The number of hydrogen-bond acceptors (Lipinski definition) is 4. The molecule has 0 saturated carbocycles. The highest BCUT2D eigenvalue weighted by atomic mass is 15.2. The first kappa shape index (κ1) is 30.9. The molecule has 9 rings (SSSR count). The van der Waals surface area contributed by atoms with Crippen molar-refractivity contribution >= 4 is 21.8 Å². The zero-order chi connectivity index (χ0) is 34.9. The molecule has 244 valence electrons. The van der Waals surface area contributed by atoms with Crippen LogP contribution < -0.4 is 0 Å². The smallest absolute Gasteiger partial charge is 0.238 e. The minimum atomic E-state index is -0.566. The van der Waals surface area contributed by atoms with Crippen molar-refractivity contribution in [2.24, 2.45) is 0 Å².